The van der Waals surface area contributed by atoms with Crippen LogP contribution in [0.3, 0.4) is 0 Å². The van der Waals surface area contributed by atoms with Gasteiger partial charge in [0.15, 0.2) is 5.58 Å². The van der Waals surface area contributed by atoms with Crippen molar-refractivity contribution in [2.45, 2.75) is 0 Å². The van der Waals surface area contributed by atoms with Crippen molar-refractivity contribution in [2.24, 2.45) is 0 Å². The second-order valence-electron chi connectivity index (χ2n) is 6.83. The summed E-state index contributed by atoms with van der Waals surface area (Å²) in [4.78, 5) is 17.5. The van der Waals surface area contributed by atoms with Gasteiger partial charge in [0.1, 0.15) is 22.1 Å². The first kappa shape index (κ1) is 19.0. The molecule has 0 saturated carbocycles. The molecule has 0 unspecified atom stereocenters. The molecule has 5 rings (SSSR count). The molecule has 1 amide bonds. The largest absolute Gasteiger partial charge is 0.497 e. The SMILES string of the molecule is COc1cccc(NC(=O)c2ccc3onc(-c4csc(-c5ccccc5)n4)c3c2)c1. The Morgan fingerprint density at radius 2 is 1.90 bits per heavy atom. The second kappa shape index (κ2) is 8.04. The summed E-state index contributed by atoms with van der Waals surface area (Å²) in [6, 6.07) is 22.4. The van der Waals surface area contributed by atoms with E-state index in [2.05, 4.69) is 10.5 Å². The molecule has 31 heavy (non-hydrogen) atoms. The number of aromatic nitrogens is 2. The number of amides is 1. The number of carbonyl (C=O) groups excluding carboxylic acids is 1. The van der Waals surface area contributed by atoms with Crippen LogP contribution in [0, 0.1) is 0 Å². The van der Waals surface area contributed by atoms with Crippen molar-refractivity contribution in [1.29, 1.82) is 0 Å². The lowest BCUT2D eigenvalue weighted by Gasteiger charge is -2.07. The molecule has 6 nitrogen and oxygen atoms in total. The molecule has 0 fully saturated rings. The molecular formula is C24H17N3O3S. The summed E-state index contributed by atoms with van der Waals surface area (Å²) < 4.78 is 10.7. The summed E-state index contributed by atoms with van der Waals surface area (Å²) in [5, 5.41) is 10.7. The minimum atomic E-state index is -0.231. The third-order valence-electron chi connectivity index (χ3n) is 4.83. The zero-order chi connectivity index (χ0) is 21.2. The first-order chi connectivity index (χ1) is 15.2. The number of ether oxygens (including phenoxy) is 1. The molecule has 5 aromatic rings. The molecule has 0 aliphatic heterocycles. The van der Waals surface area contributed by atoms with E-state index in [-0.39, 0.29) is 5.91 Å². The van der Waals surface area contributed by atoms with E-state index in [0.29, 0.717) is 34.0 Å². The predicted molar refractivity (Wildman–Crippen MR) is 122 cm³/mol. The number of anilines is 1. The quantitative estimate of drug-likeness (QED) is 0.379. The monoisotopic (exact) mass is 427 g/mol. The van der Waals surface area contributed by atoms with Crippen LogP contribution in [0.4, 0.5) is 5.69 Å². The number of thiazole rings is 1. The van der Waals surface area contributed by atoms with E-state index in [1.54, 1.807) is 42.7 Å². The number of nitrogens with zero attached hydrogens (tertiary/aromatic N) is 2. The molecule has 7 heteroatoms. The van der Waals surface area contributed by atoms with Crippen molar-refractivity contribution in [3.8, 4) is 27.7 Å². The molecule has 0 bridgehead atoms. The maximum atomic E-state index is 12.8. The van der Waals surface area contributed by atoms with E-state index in [9.17, 15) is 4.79 Å². The van der Waals surface area contributed by atoms with Gasteiger partial charge in [-0.15, -0.1) is 11.3 Å². The van der Waals surface area contributed by atoms with Crippen LogP contribution >= 0.6 is 11.3 Å². The van der Waals surface area contributed by atoms with Gasteiger partial charge in [-0.25, -0.2) is 4.98 Å². The first-order valence-electron chi connectivity index (χ1n) is 9.57. The van der Waals surface area contributed by atoms with Crippen LogP contribution in [0.5, 0.6) is 5.75 Å². The van der Waals surface area contributed by atoms with Crippen molar-refractivity contribution in [3.63, 3.8) is 0 Å². The van der Waals surface area contributed by atoms with Crippen molar-refractivity contribution in [3.05, 3.63) is 83.7 Å². The van der Waals surface area contributed by atoms with Crippen LogP contribution in [0.25, 0.3) is 32.9 Å². The van der Waals surface area contributed by atoms with Crippen LogP contribution in [-0.4, -0.2) is 23.2 Å². The van der Waals surface area contributed by atoms with Gasteiger partial charge in [0.25, 0.3) is 5.91 Å². The third-order valence-corrected chi connectivity index (χ3v) is 5.72. The highest BCUT2D eigenvalue weighted by atomic mass is 32.1. The van der Waals surface area contributed by atoms with Gasteiger partial charge in [0.2, 0.25) is 0 Å². The van der Waals surface area contributed by atoms with Crippen LogP contribution in [0.1, 0.15) is 10.4 Å². The lowest BCUT2D eigenvalue weighted by atomic mass is 10.1. The van der Waals surface area contributed by atoms with Crippen molar-refractivity contribution in [2.75, 3.05) is 12.4 Å². The molecule has 1 N–H and O–H groups in total. The summed E-state index contributed by atoms with van der Waals surface area (Å²) in [6.07, 6.45) is 0. The molecule has 0 aliphatic rings. The Morgan fingerprint density at radius 3 is 2.74 bits per heavy atom. The Bertz CT molecular complexity index is 1380. The number of hydrogen-bond acceptors (Lipinski definition) is 6. The summed E-state index contributed by atoms with van der Waals surface area (Å²) in [5.74, 6) is 0.442. The number of fused-ring (bicyclic) bond motifs is 1. The van der Waals surface area contributed by atoms with Crippen molar-refractivity contribution in [1.82, 2.24) is 10.1 Å². The zero-order valence-electron chi connectivity index (χ0n) is 16.5. The molecule has 2 heterocycles. The average Bonchev–Trinajstić information content (AvgIpc) is 3.46. The van der Waals surface area contributed by atoms with E-state index >= 15 is 0 Å². The molecular weight excluding hydrogens is 410 g/mol. The molecule has 0 saturated heterocycles. The molecule has 0 radical (unpaired) electrons. The van der Waals surface area contributed by atoms with Gasteiger partial charge in [0, 0.05) is 28.3 Å². The first-order valence-corrected chi connectivity index (χ1v) is 10.5. The van der Waals surface area contributed by atoms with Gasteiger partial charge in [-0.2, -0.15) is 0 Å². The molecule has 2 aromatic heterocycles. The second-order valence-corrected chi connectivity index (χ2v) is 7.69. The fourth-order valence-corrected chi connectivity index (χ4v) is 4.08. The van der Waals surface area contributed by atoms with Gasteiger partial charge in [-0.3, -0.25) is 4.79 Å². The topological polar surface area (TPSA) is 77.2 Å². The standard InChI is InChI=1S/C24H17N3O3S/c1-29-18-9-5-8-17(13-18)25-23(28)16-10-11-21-19(12-16)22(27-30-21)20-14-31-24(26-20)15-6-3-2-4-7-15/h2-14H,1H3,(H,25,28). The van der Waals surface area contributed by atoms with Gasteiger partial charge in [0.05, 0.1) is 12.5 Å². The van der Waals surface area contributed by atoms with E-state index < -0.39 is 0 Å². The number of methoxy groups -OCH3 is 1. The van der Waals surface area contributed by atoms with Gasteiger partial charge in [-0.1, -0.05) is 41.6 Å². The Balaban J connectivity index is 1.46. The maximum absolute atomic E-state index is 12.8. The molecule has 3 aromatic carbocycles. The lowest BCUT2D eigenvalue weighted by molar-refractivity contribution is 0.102. The van der Waals surface area contributed by atoms with Crippen LogP contribution in [0.2, 0.25) is 0 Å². The lowest BCUT2D eigenvalue weighted by Crippen LogP contribution is -2.11. The predicted octanol–water partition coefficient (Wildman–Crippen LogP) is 5.88. The molecule has 0 aliphatic carbocycles. The van der Waals surface area contributed by atoms with Gasteiger partial charge < -0.3 is 14.6 Å². The number of nitrogens with one attached hydrogen (secondary N) is 1. The number of carbonyl (C=O) groups is 1. The molecule has 0 atom stereocenters. The van der Waals surface area contributed by atoms with Gasteiger partial charge >= 0.3 is 0 Å². The highest BCUT2D eigenvalue weighted by molar-refractivity contribution is 7.13. The minimum absolute atomic E-state index is 0.231. The highest BCUT2D eigenvalue weighted by Crippen LogP contribution is 2.33. The minimum Gasteiger partial charge on any atom is -0.497 e. The number of rotatable bonds is 5. The Kier molecular flexibility index (Phi) is 4.93. The Hall–Kier alpha value is -3.97. The van der Waals surface area contributed by atoms with Crippen molar-refractivity contribution < 1.29 is 14.1 Å². The molecule has 0 spiro atoms. The Labute approximate surface area is 182 Å². The fourth-order valence-electron chi connectivity index (χ4n) is 3.26. The third kappa shape index (κ3) is 3.78. The van der Waals surface area contributed by atoms with Crippen LogP contribution < -0.4 is 10.1 Å². The normalized spacial score (nSPS) is 10.9. The fraction of sp³-hybridized carbons (Fsp3) is 0.0417. The average molecular weight is 427 g/mol. The summed E-state index contributed by atoms with van der Waals surface area (Å²) >= 11 is 1.54. The zero-order valence-corrected chi connectivity index (χ0v) is 17.3. The highest BCUT2D eigenvalue weighted by Gasteiger charge is 2.17. The molecule has 152 valence electrons. The van der Waals surface area contributed by atoms with E-state index in [1.807, 2.05) is 53.9 Å². The van der Waals surface area contributed by atoms with Crippen molar-refractivity contribution >= 4 is 33.9 Å². The van der Waals surface area contributed by atoms with E-state index in [0.717, 1.165) is 16.0 Å². The number of benzene rings is 3. The summed E-state index contributed by atoms with van der Waals surface area (Å²) in [5.41, 5.74) is 4.13. The van der Waals surface area contributed by atoms with Crippen LogP contribution in [-0.2, 0) is 0 Å². The van der Waals surface area contributed by atoms with E-state index in [1.165, 1.54) is 0 Å². The van der Waals surface area contributed by atoms with E-state index in [4.69, 9.17) is 14.2 Å². The number of hydrogen-bond donors (Lipinski definition) is 1. The summed E-state index contributed by atoms with van der Waals surface area (Å²) in [7, 11) is 1.59. The van der Waals surface area contributed by atoms with Crippen LogP contribution in [0.15, 0.2) is 82.7 Å². The van der Waals surface area contributed by atoms with Gasteiger partial charge in [-0.05, 0) is 30.3 Å². The smallest absolute Gasteiger partial charge is 0.255 e. The summed E-state index contributed by atoms with van der Waals surface area (Å²) in [6.45, 7) is 0. The maximum Gasteiger partial charge on any atom is 0.255 e. The Morgan fingerprint density at radius 1 is 1.03 bits per heavy atom.